The molecule has 0 bridgehead atoms. The van der Waals surface area contributed by atoms with Crippen molar-refractivity contribution in [3.63, 3.8) is 0 Å². The first-order chi connectivity index (χ1) is 10.5. The molecule has 0 aliphatic carbocycles. The van der Waals surface area contributed by atoms with Crippen molar-refractivity contribution in [1.82, 2.24) is 14.7 Å². The van der Waals surface area contributed by atoms with Crippen LogP contribution in [-0.2, 0) is 13.0 Å². The lowest BCUT2D eigenvalue weighted by Gasteiger charge is -2.06. The fourth-order valence-electron chi connectivity index (χ4n) is 2.41. The standard InChI is InChI=1S/C15H15N3O4/c1-9-8-13(19)21-11-5-7-18(15(20)14(9)11)6-3-4-12-16-10(2)17-22-12/h5,7-8H,3-4,6H2,1-2H3. The molecule has 3 aromatic rings. The van der Waals surface area contributed by atoms with E-state index in [1.54, 1.807) is 30.7 Å². The molecule has 0 atom stereocenters. The highest BCUT2D eigenvalue weighted by molar-refractivity contribution is 5.78. The number of rotatable bonds is 4. The Balaban J connectivity index is 1.84. The number of pyridine rings is 1. The molecule has 0 spiro atoms. The Morgan fingerprint density at radius 1 is 1.27 bits per heavy atom. The van der Waals surface area contributed by atoms with Crippen molar-refractivity contribution in [2.45, 2.75) is 33.2 Å². The molecule has 114 valence electrons. The monoisotopic (exact) mass is 301 g/mol. The van der Waals surface area contributed by atoms with Gasteiger partial charge in [-0.2, -0.15) is 4.98 Å². The maximum atomic E-state index is 12.5. The Morgan fingerprint density at radius 2 is 2.09 bits per heavy atom. The van der Waals surface area contributed by atoms with Gasteiger partial charge in [0, 0.05) is 25.2 Å². The van der Waals surface area contributed by atoms with E-state index < -0.39 is 5.63 Å². The van der Waals surface area contributed by atoms with Crippen LogP contribution in [0.5, 0.6) is 0 Å². The number of fused-ring (bicyclic) bond motifs is 1. The molecule has 7 heteroatoms. The molecule has 0 aliphatic heterocycles. The number of aryl methyl sites for hydroxylation is 4. The lowest BCUT2D eigenvalue weighted by Crippen LogP contribution is -2.21. The Morgan fingerprint density at radius 3 is 2.82 bits per heavy atom. The molecule has 0 N–H and O–H groups in total. The van der Waals surface area contributed by atoms with E-state index in [0.29, 0.717) is 47.6 Å². The van der Waals surface area contributed by atoms with Crippen LogP contribution in [0.15, 0.2) is 36.9 Å². The quantitative estimate of drug-likeness (QED) is 0.726. The third kappa shape index (κ3) is 2.69. The highest BCUT2D eigenvalue weighted by Gasteiger charge is 2.09. The van der Waals surface area contributed by atoms with Crippen LogP contribution >= 0.6 is 0 Å². The van der Waals surface area contributed by atoms with Crippen molar-refractivity contribution < 1.29 is 8.94 Å². The Bertz CT molecular complexity index is 936. The molecule has 3 aromatic heterocycles. The van der Waals surface area contributed by atoms with Crippen LogP contribution in [0.1, 0.15) is 23.7 Å². The summed E-state index contributed by atoms with van der Waals surface area (Å²) in [5, 5.41) is 4.16. The van der Waals surface area contributed by atoms with Gasteiger partial charge in [0.1, 0.15) is 5.58 Å². The van der Waals surface area contributed by atoms with Gasteiger partial charge in [-0.05, 0) is 31.9 Å². The van der Waals surface area contributed by atoms with Crippen molar-refractivity contribution in [2.24, 2.45) is 0 Å². The van der Waals surface area contributed by atoms with E-state index in [1.807, 2.05) is 0 Å². The molecule has 0 saturated carbocycles. The normalized spacial score (nSPS) is 11.2. The maximum Gasteiger partial charge on any atom is 0.336 e. The molecular formula is C15H15N3O4. The van der Waals surface area contributed by atoms with Gasteiger partial charge in [-0.3, -0.25) is 4.79 Å². The van der Waals surface area contributed by atoms with Gasteiger partial charge < -0.3 is 13.5 Å². The molecule has 0 amide bonds. The maximum absolute atomic E-state index is 12.5. The second-order valence-corrected chi connectivity index (χ2v) is 5.14. The summed E-state index contributed by atoms with van der Waals surface area (Å²) in [5.41, 5.74) is 0.325. The summed E-state index contributed by atoms with van der Waals surface area (Å²) in [6.07, 6.45) is 2.93. The molecule has 7 nitrogen and oxygen atoms in total. The minimum atomic E-state index is -0.450. The van der Waals surface area contributed by atoms with Crippen LogP contribution in [0, 0.1) is 13.8 Å². The van der Waals surface area contributed by atoms with Crippen molar-refractivity contribution in [2.75, 3.05) is 0 Å². The Labute approximate surface area is 125 Å². The fourth-order valence-corrected chi connectivity index (χ4v) is 2.41. The number of hydrogen-bond donors (Lipinski definition) is 0. The summed E-state index contributed by atoms with van der Waals surface area (Å²) in [5.74, 6) is 1.16. The van der Waals surface area contributed by atoms with Crippen LogP contribution in [0.2, 0.25) is 0 Å². The summed E-state index contributed by atoms with van der Waals surface area (Å²) in [4.78, 5) is 27.9. The summed E-state index contributed by atoms with van der Waals surface area (Å²) >= 11 is 0. The van der Waals surface area contributed by atoms with Gasteiger partial charge in [-0.15, -0.1) is 0 Å². The van der Waals surface area contributed by atoms with E-state index in [0.717, 1.165) is 0 Å². The predicted octanol–water partition coefficient (Wildman–Crippen LogP) is 1.59. The number of nitrogens with zero attached hydrogens (tertiary/aromatic N) is 3. The van der Waals surface area contributed by atoms with E-state index >= 15 is 0 Å². The zero-order valence-corrected chi connectivity index (χ0v) is 12.3. The smallest absolute Gasteiger partial charge is 0.336 e. The first-order valence-electron chi connectivity index (χ1n) is 6.97. The zero-order chi connectivity index (χ0) is 15.7. The molecule has 0 unspecified atom stereocenters. The molecule has 0 fully saturated rings. The Kier molecular flexibility index (Phi) is 3.62. The molecule has 0 aromatic carbocycles. The van der Waals surface area contributed by atoms with Crippen LogP contribution in [-0.4, -0.2) is 14.7 Å². The van der Waals surface area contributed by atoms with E-state index in [1.165, 1.54) is 6.07 Å². The molecule has 0 radical (unpaired) electrons. The van der Waals surface area contributed by atoms with Gasteiger partial charge >= 0.3 is 5.63 Å². The van der Waals surface area contributed by atoms with Gasteiger partial charge in [-0.1, -0.05) is 5.16 Å². The first kappa shape index (κ1) is 14.2. The molecule has 0 aliphatic rings. The van der Waals surface area contributed by atoms with E-state index in [9.17, 15) is 9.59 Å². The minimum absolute atomic E-state index is 0.166. The fraction of sp³-hybridized carbons (Fsp3) is 0.333. The van der Waals surface area contributed by atoms with Crippen LogP contribution in [0.25, 0.3) is 11.0 Å². The van der Waals surface area contributed by atoms with Crippen LogP contribution in [0.3, 0.4) is 0 Å². The Hall–Kier alpha value is -2.70. The van der Waals surface area contributed by atoms with E-state index in [2.05, 4.69) is 10.1 Å². The molecular weight excluding hydrogens is 286 g/mol. The van der Waals surface area contributed by atoms with Crippen LogP contribution < -0.4 is 11.2 Å². The number of aromatic nitrogens is 3. The SMILES string of the molecule is Cc1noc(CCCn2ccc3oc(=O)cc(C)c3c2=O)n1. The molecule has 3 heterocycles. The van der Waals surface area contributed by atoms with E-state index in [4.69, 9.17) is 8.94 Å². The predicted molar refractivity (Wildman–Crippen MR) is 78.8 cm³/mol. The third-order valence-corrected chi connectivity index (χ3v) is 3.43. The summed E-state index contributed by atoms with van der Waals surface area (Å²) < 4.78 is 11.7. The lowest BCUT2D eigenvalue weighted by atomic mass is 10.2. The third-order valence-electron chi connectivity index (χ3n) is 3.43. The second-order valence-electron chi connectivity index (χ2n) is 5.14. The highest BCUT2D eigenvalue weighted by Crippen LogP contribution is 2.11. The van der Waals surface area contributed by atoms with Gasteiger partial charge in [0.2, 0.25) is 5.89 Å². The molecule has 3 rings (SSSR count). The summed E-state index contributed by atoms with van der Waals surface area (Å²) in [6, 6.07) is 2.97. The average molecular weight is 301 g/mol. The first-order valence-corrected chi connectivity index (χ1v) is 6.97. The van der Waals surface area contributed by atoms with Crippen LogP contribution in [0.4, 0.5) is 0 Å². The van der Waals surface area contributed by atoms with Gasteiger partial charge in [0.05, 0.1) is 5.39 Å². The summed E-state index contributed by atoms with van der Waals surface area (Å²) in [7, 11) is 0. The zero-order valence-electron chi connectivity index (χ0n) is 12.3. The summed E-state index contributed by atoms with van der Waals surface area (Å²) in [6.45, 7) is 4.01. The van der Waals surface area contributed by atoms with Gasteiger partial charge in [0.15, 0.2) is 5.82 Å². The van der Waals surface area contributed by atoms with E-state index in [-0.39, 0.29) is 5.56 Å². The van der Waals surface area contributed by atoms with Crippen molar-refractivity contribution in [1.29, 1.82) is 0 Å². The van der Waals surface area contributed by atoms with Crippen molar-refractivity contribution in [3.8, 4) is 0 Å². The largest absolute Gasteiger partial charge is 0.422 e. The highest BCUT2D eigenvalue weighted by atomic mass is 16.5. The number of hydrogen-bond acceptors (Lipinski definition) is 6. The minimum Gasteiger partial charge on any atom is -0.422 e. The molecule has 22 heavy (non-hydrogen) atoms. The average Bonchev–Trinajstić information content (AvgIpc) is 2.86. The van der Waals surface area contributed by atoms with Crippen molar-refractivity contribution >= 4 is 11.0 Å². The van der Waals surface area contributed by atoms with Gasteiger partial charge in [-0.25, -0.2) is 4.79 Å². The molecule has 0 saturated heterocycles. The van der Waals surface area contributed by atoms with Gasteiger partial charge in [0.25, 0.3) is 5.56 Å². The topological polar surface area (TPSA) is 91.1 Å². The van der Waals surface area contributed by atoms with Crippen molar-refractivity contribution in [3.05, 3.63) is 56.4 Å². The lowest BCUT2D eigenvalue weighted by molar-refractivity contribution is 0.369. The second kappa shape index (κ2) is 5.59.